The molecule has 1 aliphatic heterocycles. The van der Waals surface area contributed by atoms with Crippen molar-refractivity contribution in [3.8, 4) is 0 Å². The maximum absolute atomic E-state index is 14.6. The summed E-state index contributed by atoms with van der Waals surface area (Å²) in [6, 6.07) is 29.0. The first-order chi connectivity index (χ1) is 17.0. The Balaban J connectivity index is 1.67. The number of carbonyl (C=O) groups excluding carboxylic acids is 3. The van der Waals surface area contributed by atoms with E-state index in [1.807, 2.05) is 92.7 Å². The van der Waals surface area contributed by atoms with Gasteiger partial charge in [-0.15, -0.1) is 0 Å². The van der Waals surface area contributed by atoms with Gasteiger partial charge in [0.05, 0.1) is 28.4 Å². The quantitative estimate of drug-likeness (QED) is 0.452. The molecule has 1 saturated heterocycles. The highest BCUT2D eigenvalue weighted by Crippen LogP contribution is 2.74. The summed E-state index contributed by atoms with van der Waals surface area (Å²) < 4.78 is 0. The van der Waals surface area contributed by atoms with Gasteiger partial charge >= 0.3 is 0 Å². The molecule has 0 aromatic heterocycles. The molecular formula is C31H27NO3. The van der Waals surface area contributed by atoms with E-state index >= 15 is 0 Å². The van der Waals surface area contributed by atoms with E-state index in [-0.39, 0.29) is 17.6 Å². The highest BCUT2D eigenvalue weighted by molar-refractivity contribution is 6.34. The Hall–Kier alpha value is -3.79. The third-order valence-corrected chi connectivity index (χ3v) is 8.34. The number of para-hydroxylation sites is 1. The lowest BCUT2D eigenvalue weighted by Crippen LogP contribution is -2.41. The number of benzene rings is 3. The average Bonchev–Trinajstić information content (AvgIpc) is 3.35. The second-order valence-electron chi connectivity index (χ2n) is 10.0. The Labute approximate surface area is 205 Å². The topological polar surface area (TPSA) is 54.5 Å². The van der Waals surface area contributed by atoms with Crippen molar-refractivity contribution in [2.24, 2.45) is 22.7 Å². The standard InChI is InChI=1S/C31H27NO3/c1-3-19-31-24(21-15-9-5-10-16-21)23(20-13-7-4-8-14-20)30(2,29(31)35)25-26(31)28(34)32(27(25)33)22-17-11-6-12-18-22/h4-18,25-26H,3,19H2,1-2H3/t25-,26+,30+,31-/m1/s1. The summed E-state index contributed by atoms with van der Waals surface area (Å²) >= 11 is 0. The number of hydrogen-bond donors (Lipinski definition) is 0. The number of nitrogens with zero attached hydrogens (tertiary/aromatic N) is 1. The second kappa shape index (κ2) is 7.61. The third-order valence-electron chi connectivity index (χ3n) is 8.34. The molecule has 0 radical (unpaired) electrons. The molecule has 2 bridgehead atoms. The maximum atomic E-state index is 14.6. The molecule has 3 aromatic rings. The first kappa shape index (κ1) is 21.7. The van der Waals surface area contributed by atoms with Crippen molar-refractivity contribution in [1.29, 1.82) is 0 Å². The van der Waals surface area contributed by atoms with Crippen molar-refractivity contribution in [3.63, 3.8) is 0 Å². The third kappa shape index (κ3) is 2.60. The van der Waals surface area contributed by atoms with E-state index in [0.717, 1.165) is 28.7 Å². The van der Waals surface area contributed by atoms with Crippen molar-refractivity contribution in [1.82, 2.24) is 0 Å². The Kier molecular flexibility index (Phi) is 4.72. The molecule has 174 valence electrons. The van der Waals surface area contributed by atoms with Crippen LogP contribution < -0.4 is 4.90 Å². The number of fused-ring (bicyclic) bond motifs is 5. The first-order valence-corrected chi connectivity index (χ1v) is 12.3. The van der Waals surface area contributed by atoms with Crippen LogP contribution in [0.25, 0.3) is 11.1 Å². The molecule has 4 heteroatoms. The molecule has 35 heavy (non-hydrogen) atoms. The van der Waals surface area contributed by atoms with Gasteiger partial charge in [-0.3, -0.25) is 14.4 Å². The zero-order chi connectivity index (χ0) is 24.4. The maximum Gasteiger partial charge on any atom is 0.239 e. The number of anilines is 1. The van der Waals surface area contributed by atoms with Crippen LogP contribution in [0.5, 0.6) is 0 Å². The van der Waals surface area contributed by atoms with Gasteiger partial charge in [0.2, 0.25) is 11.8 Å². The highest BCUT2D eigenvalue weighted by Gasteiger charge is 2.79. The highest BCUT2D eigenvalue weighted by atomic mass is 16.2. The minimum atomic E-state index is -1.08. The Morgan fingerprint density at radius 1 is 0.686 bits per heavy atom. The lowest BCUT2D eigenvalue weighted by molar-refractivity contribution is -0.134. The zero-order valence-corrected chi connectivity index (χ0v) is 19.9. The van der Waals surface area contributed by atoms with E-state index in [1.54, 1.807) is 12.1 Å². The van der Waals surface area contributed by atoms with E-state index in [9.17, 15) is 14.4 Å². The summed E-state index contributed by atoms with van der Waals surface area (Å²) in [4.78, 5) is 44.0. The molecule has 1 saturated carbocycles. The van der Waals surface area contributed by atoms with Crippen LogP contribution in [-0.2, 0) is 14.4 Å². The number of imide groups is 1. The Morgan fingerprint density at radius 3 is 1.71 bits per heavy atom. The van der Waals surface area contributed by atoms with E-state index in [2.05, 4.69) is 0 Å². The largest absolute Gasteiger partial charge is 0.298 e. The van der Waals surface area contributed by atoms with Gasteiger partial charge in [0.25, 0.3) is 0 Å². The van der Waals surface area contributed by atoms with Crippen molar-refractivity contribution >= 4 is 34.4 Å². The summed E-state index contributed by atoms with van der Waals surface area (Å²) in [5, 5.41) is 0. The fourth-order valence-electron chi connectivity index (χ4n) is 7.19. The molecule has 4 nitrogen and oxygen atoms in total. The fraction of sp³-hybridized carbons (Fsp3) is 0.258. The molecule has 0 N–H and O–H groups in total. The van der Waals surface area contributed by atoms with Crippen LogP contribution in [0.3, 0.4) is 0 Å². The van der Waals surface area contributed by atoms with Gasteiger partial charge in [0, 0.05) is 0 Å². The van der Waals surface area contributed by atoms with Crippen LogP contribution in [0.1, 0.15) is 37.8 Å². The number of rotatable bonds is 5. The molecule has 4 atom stereocenters. The van der Waals surface area contributed by atoms with Crippen molar-refractivity contribution in [2.45, 2.75) is 26.7 Å². The van der Waals surface area contributed by atoms with Crippen LogP contribution in [0.15, 0.2) is 91.0 Å². The molecule has 2 amide bonds. The number of allylic oxidation sites excluding steroid dienone is 2. The number of ketones is 1. The van der Waals surface area contributed by atoms with Crippen LogP contribution in [0.4, 0.5) is 5.69 Å². The van der Waals surface area contributed by atoms with Gasteiger partial charge in [0.15, 0.2) is 5.78 Å². The molecule has 3 aliphatic rings. The van der Waals surface area contributed by atoms with Gasteiger partial charge in [-0.05, 0) is 47.8 Å². The van der Waals surface area contributed by atoms with E-state index in [0.29, 0.717) is 12.1 Å². The summed E-state index contributed by atoms with van der Waals surface area (Å²) in [7, 11) is 0. The van der Waals surface area contributed by atoms with Gasteiger partial charge in [0.1, 0.15) is 0 Å². The van der Waals surface area contributed by atoms with Crippen LogP contribution in [0, 0.1) is 22.7 Å². The number of carbonyl (C=O) groups is 3. The van der Waals surface area contributed by atoms with Crippen molar-refractivity contribution in [3.05, 3.63) is 102 Å². The van der Waals surface area contributed by atoms with Crippen LogP contribution >= 0.6 is 0 Å². The van der Waals surface area contributed by atoms with Gasteiger partial charge in [-0.1, -0.05) is 92.2 Å². The fourth-order valence-corrected chi connectivity index (χ4v) is 7.19. The predicted molar refractivity (Wildman–Crippen MR) is 136 cm³/mol. The molecule has 1 heterocycles. The summed E-state index contributed by atoms with van der Waals surface area (Å²) in [6.45, 7) is 3.95. The van der Waals surface area contributed by atoms with Crippen LogP contribution in [-0.4, -0.2) is 17.6 Å². The normalized spacial score (nSPS) is 29.3. The van der Waals surface area contributed by atoms with Crippen molar-refractivity contribution < 1.29 is 14.4 Å². The first-order valence-electron chi connectivity index (χ1n) is 12.3. The van der Waals surface area contributed by atoms with E-state index in [1.165, 1.54) is 4.90 Å². The van der Waals surface area contributed by atoms with Gasteiger partial charge in [-0.25, -0.2) is 4.90 Å². The Bertz CT molecular complexity index is 1380. The summed E-state index contributed by atoms with van der Waals surface area (Å²) in [6.07, 6.45) is 1.26. The molecular weight excluding hydrogens is 434 g/mol. The minimum Gasteiger partial charge on any atom is -0.298 e. The SMILES string of the molecule is CCC[C@@]12C(=O)[C@@](C)(C(c3ccccc3)=C1c1ccccc1)[C@H]1C(=O)N(c3ccccc3)C(=O)[C@H]12. The van der Waals surface area contributed by atoms with E-state index < -0.39 is 22.7 Å². The second-order valence-corrected chi connectivity index (χ2v) is 10.0. The summed E-state index contributed by atoms with van der Waals surface area (Å²) in [5.41, 5.74) is 2.18. The Morgan fingerprint density at radius 2 is 1.17 bits per heavy atom. The molecule has 2 aliphatic carbocycles. The summed E-state index contributed by atoms with van der Waals surface area (Å²) in [5.74, 6) is -1.90. The number of Topliss-reactive ketones (excluding diaryl/α,β-unsaturated/α-hetero) is 1. The predicted octanol–water partition coefficient (Wildman–Crippen LogP) is 5.79. The molecule has 0 unspecified atom stereocenters. The molecule has 2 fully saturated rings. The van der Waals surface area contributed by atoms with Gasteiger partial charge < -0.3 is 0 Å². The number of hydrogen-bond acceptors (Lipinski definition) is 3. The number of amides is 2. The molecule has 3 aromatic carbocycles. The smallest absolute Gasteiger partial charge is 0.239 e. The monoisotopic (exact) mass is 461 g/mol. The minimum absolute atomic E-state index is 0.0222. The van der Waals surface area contributed by atoms with E-state index in [4.69, 9.17) is 0 Å². The molecule has 0 spiro atoms. The lowest BCUT2D eigenvalue weighted by atomic mass is 9.61. The zero-order valence-electron chi connectivity index (χ0n) is 19.9. The average molecular weight is 462 g/mol. The lowest BCUT2D eigenvalue weighted by Gasteiger charge is -2.37. The van der Waals surface area contributed by atoms with Gasteiger partial charge in [-0.2, -0.15) is 0 Å². The van der Waals surface area contributed by atoms with Crippen LogP contribution in [0.2, 0.25) is 0 Å². The van der Waals surface area contributed by atoms with Crippen molar-refractivity contribution in [2.75, 3.05) is 4.90 Å². The molecule has 6 rings (SSSR count).